The molecule has 132 valence electrons. The lowest BCUT2D eigenvalue weighted by Gasteiger charge is -2.29. The van der Waals surface area contributed by atoms with Crippen LogP contribution in [-0.4, -0.2) is 33.9 Å². The SMILES string of the molecule is COc1ccc(N(C)C(CN)Cc2csc3ccccc23)cc1OC. The molecule has 0 fully saturated rings. The van der Waals surface area contributed by atoms with Crippen LogP contribution in [0.4, 0.5) is 5.69 Å². The van der Waals surface area contributed by atoms with E-state index in [1.54, 1.807) is 25.6 Å². The summed E-state index contributed by atoms with van der Waals surface area (Å²) in [5.41, 5.74) is 8.52. The Morgan fingerprint density at radius 3 is 2.56 bits per heavy atom. The number of benzene rings is 2. The second-order valence-electron chi connectivity index (χ2n) is 6.00. The number of hydrogen-bond donors (Lipinski definition) is 1. The number of ether oxygens (including phenoxy) is 2. The van der Waals surface area contributed by atoms with Crippen LogP contribution >= 0.6 is 11.3 Å². The van der Waals surface area contributed by atoms with Crippen LogP contribution in [0.25, 0.3) is 10.1 Å². The molecule has 1 atom stereocenters. The van der Waals surface area contributed by atoms with Crippen molar-refractivity contribution in [2.24, 2.45) is 5.73 Å². The summed E-state index contributed by atoms with van der Waals surface area (Å²) < 4.78 is 12.1. The van der Waals surface area contributed by atoms with Gasteiger partial charge in [-0.1, -0.05) is 18.2 Å². The van der Waals surface area contributed by atoms with Gasteiger partial charge >= 0.3 is 0 Å². The Bertz CT molecular complexity index is 847. The predicted octanol–water partition coefficient (Wildman–Crippen LogP) is 3.92. The van der Waals surface area contributed by atoms with Crippen molar-refractivity contribution < 1.29 is 9.47 Å². The zero-order chi connectivity index (χ0) is 17.8. The number of nitrogens with zero attached hydrogens (tertiary/aromatic N) is 1. The highest BCUT2D eigenvalue weighted by Gasteiger charge is 2.18. The monoisotopic (exact) mass is 356 g/mol. The highest BCUT2D eigenvalue weighted by atomic mass is 32.1. The zero-order valence-corrected chi connectivity index (χ0v) is 15.7. The molecule has 1 aromatic heterocycles. The average molecular weight is 356 g/mol. The summed E-state index contributed by atoms with van der Waals surface area (Å²) in [6, 6.07) is 14.7. The molecule has 3 aromatic rings. The summed E-state index contributed by atoms with van der Waals surface area (Å²) in [5, 5.41) is 3.57. The highest BCUT2D eigenvalue weighted by molar-refractivity contribution is 7.17. The van der Waals surface area contributed by atoms with Gasteiger partial charge in [0.25, 0.3) is 0 Å². The van der Waals surface area contributed by atoms with E-state index >= 15 is 0 Å². The normalized spacial score (nSPS) is 12.2. The first-order valence-corrected chi connectivity index (χ1v) is 9.16. The van der Waals surface area contributed by atoms with Crippen molar-refractivity contribution in [1.82, 2.24) is 0 Å². The number of hydrogen-bond acceptors (Lipinski definition) is 5. The maximum Gasteiger partial charge on any atom is 0.162 e. The van der Waals surface area contributed by atoms with Crippen molar-refractivity contribution in [3.63, 3.8) is 0 Å². The number of thiophene rings is 1. The van der Waals surface area contributed by atoms with Crippen LogP contribution in [-0.2, 0) is 6.42 Å². The Balaban J connectivity index is 1.85. The molecule has 1 unspecified atom stereocenters. The van der Waals surface area contributed by atoms with Crippen LogP contribution in [0.1, 0.15) is 5.56 Å². The van der Waals surface area contributed by atoms with E-state index in [1.807, 2.05) is 18.2 Å². The van der Waals surface area contributed by atoms with Gasteiger partial charge in [-0.3, -0.25) is 0 Å². The van der Waals surface area contributed by atoms with Crippen LogP contribution in [0.15, 0.2) is 47.8 Å². The van der Waals surface area contributed by atoms with Gasteiger partial charge in [0.15, 0.2) is 11.5 Å². The fraction of sp³-hybridized carbons (Fsp3) is 0.300. The van der Waals surface area contributed by atoms with E-state index in [9.17, 15) is 0 Å². The van der Waals surface area contributed by atoms with Gasteiger partial charge in [-0.2, -0.15) is 0 Å². The lowest BCUT2D eigenvalue weighted by atomic mass is 10.0. The number of methoxy groups -OCH3 is 2. The smallest absolute Gasteiger partial charge is 0.162 e. The van der Waals surface area contributed by atoms with Crippen molar-refractivity contribution in [3.8, 4) is 11.5 Å². The summed E-state index contributed by atoms with van der Waals surface area (Å²) in [4.78, 5) is 2.22. The Labute approximate surface area is 152 Å². The van der Waals surface area contributed by atoms with Crippen molar-refractivity contribution in [2.75, 3.05) is 32.7 Å². The molecule has 1 heterocycles. The molecule has 0 amide bonds. The van der Waals surface area contributed by atoms with Crippen molar-refractivity contribution in [1.29, 1.82) is 0 Å². The molecule has 0 saturated heterocycles. The average Bonchev–Trinajstić information content (AvgIpc) is 3.07. The first kappa shape index (κ1) is 17.6. The molecule has 3 rings (SSSR count). The van der Waals surface area contributed by atoms with E-state index in [0.29, 0.717) is 6.54 Å². The maximum atomic E-state index is 6.10. The van der Waals surface area contributed by atoms with Crippen molar-refractivity contribution in [2.45, 2.75) is 12.5 Å². The molecule has 5 heteroatoms. The standard InChI is InChI=1S/C20H24N2O2S/c1-22(15-8-9-18(23-2)19(11-15)24-3)16(12-21)10-14-13-25-20-7-5-4-6-17(14)20/h4-9,11,13,16H,10,12,21H2,1-3H3. The molecule has 0 aliphatic rings. The molecule has 2 aromatic carbocycles. The zero-order valence-electron chi connectivity index (χ0n) is 14.9. The van der Waals surface area contributed by atoms with E-state index in [0.717, 1.165) is 23.6 Å². The third kappa shape index (κ3) is 3.57. The molecule has 0 radical (unpaired) electrons. The summed E-state index contributed by atoms with van der Waals surface area (Å²) >= 11 is 1.79. The van der Waals surface area contributed by atoms with E-state index in [-0.39, 0.29) is 6.04 Å². The molecule has 0 aliphatic heterocycles. The van der Waals surface area contributed by atoms with E-state index in [1.165, 1.54) is 15.6 Å². The second-order valence-corrected chi connectivity index (χ2v) is 6.91. The Morgan fingerprint density at radius 1 is 1.08 bits per heavy atom. The van der Waals surface area contributed by atoms with Gasteiger partial charge in [0.1, 0.15) is 0 Å². The molecule has 0 saturated carbocycles. The minimum Gasteiger partial charge on any atom is -0.493 e. The Hall–Kier alpha value is -2.24. The third-order valence-electron chi connectivity index (χ3n) is 4.61. The summed E-state index contributed by atoms with van der Waals surface area (Å²) in [6.45, 7) is 0.578. The van der Waals surface area contributed by atoms with Gasteiger partial charge in [0, 0.05) is 36.1 Å². The second kappa shape index (κ2) is 7.76. The number of nitrogens with two attached hydrogens (primary N) is 1. The Morgan fingerprint density at radius 2 is 1.84 bits per heavy atom. The summed E-state index contributed by atoms with van der Waals surface area (Å²) in [7, 11) is 5.37. The maximum absolute atomic E-state index is 6.10. The van der Waals surface area contributed by atoms with Crippen LogP contribution in [0.3, 0.4) is 0 Å². The summed E-state index contributed by atoms with van der Waals surface area (Å²) in [5.74, 6) is 1.45. The first-order chi connectivity index (χ1) is 12.2. The van der Waals surface area contributed by atoms with Gasteiger partial charge in [0.2, 0.25) is 0 Å². The van der Waals surface area contributed by atoms with Crippen LogP contribution in [0.5, 0.6) is 11.5 Å². The van der Waals surface area contributed by atoms with E-state index in [2.05, 4.69) is 41.6 Å². The van der Waals surface area contributed by atoms with Crippen LogP contribution in [0.2, 0.25) is 0 Å². The number of anilines is 1. The molecule has 2 N–H and O–H groups in total. The largest absolute Gasteiger partial charge is 0.493 e. The van der Waals surface area contributed by atoms with Crippen molar-refractivity contribution >= 4 is 27.1 Å². The first-order valence-electron chi connectivity index (χ1n) is 8.28. The third-order valence-corrected chi connectivity index (χ3v) is 5.62. The molecule has 0 aliphatic carbocycles. The minimum atomic E-state index is 0.205. The molecule has 0 spiro atoms. The van der Waals surface area contributed by atoms with Gasteiger partial charge in [0.05, 0.1) is 14.2 Å². The van der Waals surface area contributed by atoms with Gasteiger partial charge in [-0.25, -0.2) is 0 Å². The Kier molecular flexibility index (Phi) is 5.46. The molecular weight excluding hydrogens is 332 g/mol. The van der Waals surface area contributed by atoms with Gasteiger partial charge in [-0.05, 0) is 40.9 Å². The lowest BCUT2D eigenvalue weighted by Crippen LogP contribution is -2.39. The fourth-order valence-electron chi connectivity index (χ4n) is 3.08. The molecular formula is C20H24N2O2S. The molecule has 0 bridgehead atoms. The van der Waals surface area contributed by atoms with Gasteiger partial charge < -0.3 is 20.1 Å². The van der Waals surface area contributed by atoms with E-state index < -0.39 is 0 Å². The van der Waals surface area contributed by atoms with Crippen LogP contribution in [0, 0.1) is 0 Å². The number of fused-ring (bicyclic) bond motifs is 1. The fourth-order valence-corrected chi connectivity index (χ4v) is 4.05. The number of rotatable bonds is 7. The highest BCUT2D eigenvalue weighted by Crippen LogP contribution is 2.33. The number of likely N-dealkylation sites (N-methyl/N-ethyl adjacent to an activating group) is 1. The van der Waals surface area contributed by atoms with Crippen molar-refractivity contribution in [3.05, 3.63) is 53.4 Å². The minimum absolute atomic E-state index is 0.205. The summed E-state index contributed by atoms with van der Waals surface area (Å²) in [6.07, 6.45) is 0.908. The van der Waals surface area contributed by atoms with E-state index in [4.69, 9.17) is 15.2 Å². The molecule has 25 heavy (non-hydrogen) atoms. The van der Waals surface area contributed by atoms with Crippen LogP contribution < -0.4 is 20.1 Å². The molecule has 4 nitrogen and oxygen atoms in total. The lowest BCUT2D eigenvalue weighted by molar-refractivity contribution is 0.355. The predicted molar refractivity (Wildman–Crippen MR) is 106 cm³/mol. The van der Waals surface area contributed by atoms with Gasteiger partial charge in [-0.15, -0.1) is 11.3 Å². The topological polar surface area (TPSA) is 47.7 Å². The quantitative estimate of drug-likeness (QED) is 0.697.